The number of amidine groups is 1. The molecule has 51 heavy (non-hydrogen) atoms. The van der Waals surface area contributed by atoms with Gasteiger partial charge in [0.15, 0.2) is 23.6 Å². The summed E-state index contributed by atoms with van der Waals surface area (Å²) in [4.78, 5) is 60.0. The highest BCUT2D eigenvalue weighted by Gasteiger charge is 2.48. The number of fused-ring (bicyclic) bond motifs is 1. The highest BCUT2D eigenvalue weighted by molar-refractivity contribution is 7.66. The maximum atomic E-state index is 12.6. The van der Waals surface area contributed by atoms with Crippen molar-refractivity contribution in [3.63, 3.8) is 0 Å². The Hall–Kier alpha value is -2.83. The molecule has 2 saturated heterocycles. The van der Waals surface area contributed by atoms with Crippen LogP contribution in [0.1, 0.15) is 26.5 Å². The van der Waals surface area contributed by atoms with E-state index in [1.54, 1.807) is 18.9 Å². The number of hydrogen-bond donors (Lipinski definition) is 9. The summed E-state index contributed by atoms with van der Waals surface area (Å²) in [7, 11) is -15.1. The fourth-order valence-corrected chi connectivity index (χ4v) is 9.66. The molecule has 4 aliphatic rings. The van der Waals surface area contributed by atoms with Crippen molar-refractivity contribution in [2.75, 3.05) is 32.7 Å². The van der Waals surface area contributed by atoms with E-state index in [-0.39, 0.29) is 23.0 Å². The van der Waals surface area contributed by atoms with Crippen LogP contribution in [-0.4, -0.2) is 129 Å². The number of ether oxygens (including phenoxy) is 2. The summed E-state index contributed by atoms with van der Waals surface area (Å²) in [6, 6.07) is 0. The van der Waals surface area contributed by atoms with E-state index in [1.807, 2.05) is 11.8 Å². The Bertz CT molecular complexity index is 1940. The summed E-state index contributed by atoms with van der Waals surface area (Å²) in [5.74, 6) is 0.632. The van der Waals surface area contributed by atoms with Crippen molar-refractivity contribution in [3.05, 3.63) is 28.2 Å². The molecule has 6 heterocycles. The molecule has 28 heteroatoms. The monoisotopic (exact) mass is 787 g/mol. The Balaban J connectivity index is 1.01. The first-order chi connectivity index (χ1) is 23.7. The van der Waals surface area contributed by atoms with Crippen LogP contribution in [0.3, 0.4) is 0 Å². The molecule has 0 amide bonds. The second kappa shape index (κ2) is 13.9. The zero-order chi connectivity index (χ0) is 37.2. The number of aliphatic hydroxyl groups is 3. The van der Waals surface area contributed by atoms with Crippen molar-refractivity contribution in [2.45, 2.75) is 63.4 Å². The number of nitrogens with zero attached hydrogens (tertiary/aromatic N) is 6. The number of rotatable bonds is 12. The van der Waals surface area contributed by atoms with Gasteiger partial charge in [0.25, 0.3) is 5.56 Å². The molecule has 11 atom stereocenters. The van der Waals surface area contributed by atoms with Gasteiger partial charge in [0.2, 0.25) is 5.95 Å². The van der Waals surface area contributed by atoms with Gasteiger partial charge in [-0.25, -0.2) is 23.7 Å². The molecule has 2 aromatic rings. The van der Waals surface area contributed by atoms with Crippen molar-refractivity contribution < 1.29 is 70.8 Å². The van der Waals surface area contributed by atoms with Gasteiger partial charge in [-0.1, -0.05) is 6.92 Å². The van der Waals surface area contributed by atoms with Gasteiger partial charge in [0.05, 0.1) is 32.3 Å². The normalized spacial score (nSPS) is 33.2. The molecule has 284 valence electrons. The predicted octanol–water partition coefficient (Wildman–Crippen LogP) is -1.85. The van der Waals surface area contributed by atoms with E-state index >= 15 is 0 Å². The van der Waals surface area contributed by atoms with Crippen molar-refractivity contribution in [2.24, 2.45) is 10.9 Å². The van der Waals surface area contributed by atoms with E-state index < -0.39 is 85.3 Å². The van der Waals surface area contributed by atoms with Crippen molar-refractivity contribution in [3.8, 4) is 0 Å². The fourth-order valence-electron chi connectivity index (χ4n) is 6.11. The van der Waals surface area contributed by atoms with Gasteiger partial charge in [-0.3, -0.25) is 23.4 Å². The molecular weight excluding hydrogens is 751 g/mol. The molecule has 0 aliphatic carbocycles. The molecule has 4 aliphatic heterocycles. The molecule has 6 rings (SSSR count). The lowest BCUT2D eigenvalue weighted by Gasteiger charge is -2.32. The Labute approximate surface area is 287 Å². The lowest BCUT2D eigenvalue weighted by atomic mass is 10.1. The minimum absolute atomic E-state index is 0.119. The molecule has 0 saturated carbocycles. The number of aromatic amines is 1. The van der Waals surface area contributed by atoms with Crippen LogP contribution < -0.4 is 16.6 Å². The number of nitrogens with two attached hydrogens (primary N) is 1. The first-order valence-corrected chi connectivity index (χ1v) is 19.5. The first-order valence-electron chi connectivity index (χ1n) is 15.0. The smallest absolute Gasteiger partial charge is 0.387 e. The number of aliphatic imine (C=N–C) groups is 1. The first kappa shape index (κ1) is 37.9. The van der Waals surface area contributed by atoms with E-state index in [0.717, 1.165) is 10.9 Å². The number of nitrogens with one attached hydrogen (secondary N) is 2. The van der Waals surface area contributed by atoms with Gasteiger partial charge in [-0.05, 0) is 13.3 Å². The lowest BCUT2D eigenvalue weighted by molar-refractivity contribution is -0.0691. The van der Waals surface area contributed by atoms with Crippen molar-refractivity contribution >= 4 is 46.4 Å². The van der Waals surface area contributed by atoms with E-state index in [4.69, 9.17) is 19.7 Å². The summed E-state index contributed by atoms with van der Waals surface area (Å²) in [5.41, 5.74) is 5.11. The lowest BCUT2D eigenvalue weighted by Crippen LogP contribution is -2.43. The molecule has 2 fully saturated rings. The number of likely N-dealkylation sites (N-methyl/N-ethyl adjacent to an activating group) is 1. The van der Waals surface area contributed by atoms with Gasteiger partial charge < -0.3 is 60.3 Å². The van der Waals surface area contributed by atoms with Crippen LogP contribution in [0.4, 0.5) is 5.95 Å². The number of phosphoric acid groups is 3. The van der Waals surface area contributed by atoms with Crippen molar-refractivity contribution in [1.82, 2.24) is 34.6 Å². The highest BCUT2D eigenvalue weighted by atomic mass is 31.3. The van der Waals surface area contributed by atoms with Gasteiger partial charge in [0, 0.05) is 13.0 Å². The van der Waals surface area contributed by atoms with Crippen LogP contribution in [0, 0.1) is 5.92 Å². The van der Waals surface area contributed by atoms with Gasteiger partial charge in [0.1, 0.15) is 41.9 Å². The van der Waals surface area contributed by atoms with Crippen LogP contribution >= 0.6 is 23.5 Å². The summed E-state index contributed by atoms with van der Waals surface area (Å²) >= 11 is 0. The average molecular weight is 788 g/mol. The zero-order valence-corrected chi connectivity index (χ0v) is 29.6. The number of anilines is 1. The Morgan fingerprint density at radius 2 is 1.69 bits per heavy atom. The Morgan fingerprint density at radius 3 is 2.37 bits per heavy atom. The van der Waals surface area contributed by atoms with Gasteiger partial charge in [-0.2, -0.15) is 13.6 Å². The van der Waals surface area contributed by atoms with Gasteiger partial charge in [-0.15, -0.1) is 0 Å². The van der Waals surface area contributed by atoms with E-state index in [1.165, 1.54) is 0 Å². The van der Waals surface area contributed by atoms with Crippen LogP contribution in [0.5, 0.6) is 0 Å². The van der Waals surface area contributed by atoms with Crippen LogP contribution in [0.15, 0.2) is 27.6 Å². The number of phosphoric ester groups is 2. The number of imidazole rings is 1. The largest absolute Gasteiger partial charge is 0.490 e. The van der Waals surface area contributed by atoms with E-state index in [9.17, 15) is 48.5 Å². The minimum atomic E-state index is -5.85. The summed E-state index contributed by atoms with van der Waals surface area (Å²) < 4.78 is 67.9. The summed E-state index contributed by atoms with van der Waals surface area (Å²) in [6.45, 7) is 2.25. The van der Waals surface area contributed by atoms with Crippen LogP contribution in [0.2, 0.25) is 0 Å². The second-order valence-electron chi connectivity index (χ2n) is 12.1. The fraction of sp³-hybridized carbons (Fsp3) is 0.652. The second-order valence-corrected chi connectivity index (χ2v) is 16.7. The molecule has 0 aromatic carbocycles. The maximum Gasteiger partial charge on any atom is 0.490 e. The average Bonchev–Trinajstić information content (AvgIpc) is 3.74. The molecule has 0 radical (unpaired) electrons. The molecular formula is C23H36N9O16P3. The van der Waals surface area contributed by atoms with Crippen LogP contribution in [0.25, 0.3) is 11.2 Å². The van der Waals surface area contributed by atoms with E-state index in [0.29, 0.717) is 30.4 Å². The number of hydrogen-bond acceptors (Lipinski definition) is 20. The number of aliphatic hydroxyl groups excluding tert-OH is 3. The number of H-pyrrole nitrogens is 1. The summed E-state index contributed by atoms with van der Waals surface area (Å²) in [5, 5.41) is 34.5. The third kappa shape index (κ3) is 7.93. The highest BCUT2D eigenvalue weighted by Crippen LogP contribution is 2.67. The molecule has 25 nitrogen and oxygen atoms in total. The standard InChI is InChI=1S/C23H36N9O16P3/c1-9-4-11(45-21(9)32-8-30(3)14-18(32)26-10(2)27-20(14)36)5-43-49(37,38)47-51(41,42)48-50(39,40)44-6-12-15(33)16(34)22(46-12)31-7-25-13-17(31)28-23(24)29-19(13)35/h7,9,11-12,15-16,20-22,33-34,36H,4-6,8H2,1-3H3,(H,26,27)(H,37,38)(H,39,40)(H,41,42)(H3,24,28,29,35)/t9-,11-,12+,15?,16?,20?,21+,22+/m0/s1. The van der Waals surface area contributed by atoms with E-state index in [2.05, 4.69) is 38.4 Å². The van der Waals surface area contributed by atoms with Crippen LogP contribution in [-0.2, 0) is 40.8 Å². The number of nitrogen functional groups attached to an aromatic ring is 1. The molecule has 2 aromatic heterocycles. The SMILES string of the molecule is CC1=NC(O)C2=C(N1)N([C@@H]1O[C@H](COP(=O)(O)OP(=O)(O)OP(=O)(O)OC[C@H]3O[C@@H](n4cnc5c(=O)[nH]c(N)nc54)C(O)C3O)C[C@@H]1C)CN2C. The van der Waals surface area contributed by atoms with Gasteiger partial charge >= 0.3 is 23.5 Å². The third-order valence-corrected chi connectivity index (χ3v) is 12.5. The Morgan fingerprint density at radius 1 is 1.02 bits per heavy atom. The predicted molar refractivity (Wildman–Crippen MR) is 168 cm³/mol. The quantitative estimate of drug-likeness (QED) is 0.107. The Kier molecular flexibility index (Phi) is 10.3. The third-order valence-electron chi connectivity index (χ3n) is 8.23. The topological polar surface area (TPSA) is 348 Å². The minimum Gasteiger partial charge on any atom is -0.387 e. The zero-order valence-electron chi connectivity index (χ0n) is 26.9. The molecule has 10 N–H and O–H groups in total. The maximum absolute atomic E-state index is 12.6. The molecule has 6 unspecified atom stereocenters. The van der Waals surface area contributed by atoms with Crippen molar-refractivity contribution in [1.29, 1.82) is 0 Å². The molecule has 0 bridgehead atoms. The molecule has 0 spiro atoms. The number of aromatic nitrogens is 4. The summed E-state index contributed by atoms with van der Waals surface area (Å²) in [6.07, 6.45) is -7.56.